The lowest BCUT2D eigenvalue weighted by molar-refractivity contribution is 0.438. The van der Waals surface area contributed by atoms with Crippen LogP contribution in [0.4, 0.5) is 0 Å². The SMILES string of the molecule is CCCCCC/C=C(/C)NP(=O)(N(C)C)N(C)C. The zero-order valence-electron chi connectivity index (χ0n) is 12.9. The van der Waals surface area contributed by atoms with Crippen molar-refractivity contribution in [3.63, 3.8) is 0 Å². The Hall–Kier alpha value is -0.310. The van der Waals surface area contributed by atoms with Gasteiger partial charge in [0.15, 0.2) is 0 Å². The first kappa shape index (κ1) is 17.7. The van der Waals surface area contributed by atoms with Crippen LogP contribution in [-0.2, 0) is 4.57 Å². The molecule has 0 heterocycles. The molecule has 0 rings (SSSR count). The van der Waals surface area contributed by atoms with Crippen LogP contribution < -0.4 is 5.09 Å². The summed E-state index contributed by atoms with van der Waals surface area (Å²) in [6.07, 6.45) is 8.25. The van der Waals surface area contributed by atoms with Gasteiger partial charge in [-0.1, -0.05) is 32.3 Å². The van der Waals surface area contributed by atoms with Gasteiger partial charge in [-0.25, -0.2) is 9.34 Å². The van der Waals surface area contributed by atoms with E-state index in [0.717, 1.165) is 12.1 Å². The highest BCUT2D eigenvalue weighted by Crippen LogP contribution is 2.45. The molecular weight excluding hydrogens is 245 g/mol. The first-order valence-corrected chi connectivity index (χ1v) is 8.36. The van der Waals surface area contributed by atoms with E-state index in [0.29, 0.717) is 0 Å². The molecule has 0 saturated carbocycles. The second-order valence-corrected chi connectivity index (χ2v) is 8.00. The summed E-state index contributed by atoms with van der Waals surface area (Å²) in [5, 5.41) is 3.15. The predicted octanol–water partition coefficient (Wildman–Crippen LogP) is 3.68. The number of hydrogen-bond donors (Lipinski definition) is 1. The molecule has 5 heteroatoms. The molecule has 0 aliphatic heterocycles. The number of allylic oxidation sites excluding steroid dienone is 2. The van der Waals surface area contributed by atoms with Crippen LogP contribution in [0.3, 0.4) is 0 Å². The molecule has 0 aromatic carbocycles. The summed E-state index contributed by atoms with van der Waals surface area (Å²) in [5.41, 5.74) is 0.997. The van der Waals surface area contributed by atoms with Crippen LogP contribution in [0.25, 0.3) is 0 Å². The second-order valence-electron chi connectivity index (χ2n) is 5.09. The molecule has 108 valence electrons. The summed E-state index contributed by atoms with van der Waals surface area (Å²) in [7, 11) is 4.71. The zero-order valence-corrected chi connectivity index (χ0v) is 13.8. The lowest BCUT2D eigenvalue weighted by Crippen LogP contribution is -2.30. The Morgan fingerprint density at radius 1 is 1.11 bits per heavy atom. The van der Waals surface area contributed by atoms with E-state index in [1.54, 1.807) is 9.34 Å². The van der Waals surface area contributed by atoms with E-state index < -0.39 is 7.59 Å². The van der Waals surface area contributed by atoms with Crippen LogP contribution >= 0.6 is 7.59 Å². The zero-order chi connectivity index (χ0) is 14.2. The summed E-state index contributed by atoms with van der Waals surface area (Å²) in [5.74, 6) is 0. The fourth-order valence-electron chi connectivity index (χ4n) is 1.72. The molecule has 0 aliphatic carbocycles. The second kappa shape index (κ2) is 8.73. The van der Waals surface area contributed by atoms with Crippen LogP contribution in [-0.4, -0.2) is 37.5 Å². The third kappa shape index (κ3) is 6.03. The number of rotatable bonds is 9. The van der Waals surface area contributed by atoms with Crippen LogP contribution in [0.5, 0.6) is 0 Å². The molecule has 0 unspecified atom stereocenters. The summed E-state index contributed by atoms with van der Waals surface area (Å²) in [6, 6.07) is 0. The number of hydrogen-bond acceptors (Lipinski definition) is 1. The number of nitrogens with zero attached hydrogens (tertiary/aromatic N) is 2. The Morgan fingerprint density at radius 3 is 2.11 bits per heavy atom. The van der Waals surface area contributed by atoms with Crippen molar-refractivity contribution in [1.29, 1.82) is 0 Å². The highest BCUT2D eigenvalue weighted by Gasteiger charge is 2.27. The summed E-state index contributed by atoms with van der Waals surface area (Å²) in [4.78, 5) is 0. The quantitative estimate of drug-likeness (QED) is 0.514. The lowest BCUT2D eigenvalue weighted by Gasteiger charge is -2.31. The van der Waals surface area contributed by atoms with E-state index in [9.17, 15) is 4.57 Å². The van der Waals surface area contributed by atoms with E-state index >= 15 is 0 Å². The van der Waals surface area contributed by atoms with Crippen molar-refractivity contribution in [2.45, 2.75) is 46.0 Å². The molecule has 0 radical (unpaired) electrons. The van der Waals surface area contributed by atoms with Gasteiger partial charge in [-0.05, 0) is 48.0 Å². The van der Waals surface area contributed by atoms with Gasteiger partial charge < -0.3 is 5.09 Å². The molecule has 4 nitrogen and oxygen atoms in total. The first-order chi connectivity index (χ1) is 8.34. The number of nitrogens with one attached hydrogen (secondary N) is 1. The Balaban J connectivity index is 4.30. The van der Waals surface area contributed by atoms with E-state index in [4.69, 9.17) is 0 Å². The maximum Gasteiger partial charge on any atom is 0.307 e. The molecule has 1 N–H and O–H groups in total. The van der Waals surface area contributed by atoms with Gasteiger partial charge in [0, 0.05) is 5.70 Å². The fourth-order valence-corrected chi connectivity index (χ4v) is 3.39. The standard InChI is InChI=1S/C13H30N3OP/c1-7-8-9-10-11-12-13(2)14-18(17,15(3)4)16(5)6/h12H,7-11H2,1-6H3,(H,14,17)/b13-12-. The minimum absolute atomic E-state index is 0.997. The maximum absolute atomic E-state index is 12.7. The monoisotopic (exact) mass is 275 g/mol. The average molecular weight is 275 g/mol. The van der Waals surface area contributed by atoms with Crippen molar-refractivity contribution in [3.05, 3.63) is 11.8 Å². The predicted molar refractivity (Wildman–Crippen MR) is 80.6 cm³/mol. The molecule has 0 spiro atoms. The Kier molecular flexibility index (Phi) is 8.58. The van der Waals surface area contributed by atoms with Crippen LogP contribution in [0.2, 0.25) is 0 Å². The maximum atomic E-state index is 12.7. The normalized spacial score (nSPS) is 13.4. The molecule has 0 fully saturated rings. The highest BCUT2D eigenvalue weighted by atomic mass is 31.2. The molecular formula is C13H30N3OP. The topological polar surface area (TPSA) is 35.6 Å². The van der Waals surface area contributed by atoms with Gasteiger partial charge in [0.1, 0.15) is 0 Å². The van der Waals surface area contributed by atoms with Gasteiger partial charge in [0.05, 0.1) is 0 Å². The Morgan fingerprint density at radius 2 is 1.67 bits per heavy atom. The van der Waals surface area contributed by atoms with Crippen molar-refractivity contribution < 1.29 is 4.57 Å². The van der Waals surface area contributed by atoms with E-state index in [2.05, 4.69) is 18.1 Å². The van der Waals surface area contributed by atoms with Gasteiger partial charge in [-0.2, -0.15) is 0 Å². The summed E-state index contributed by atoms with van der Waals surface area (Å²) >= 11 is 0. The van der Waals surface area contributed by atoms with Crippen molar-refractivity contribution in [1.82, 2.24) is 14.4 Å². The minimum atomic E-state index is -2.63. The molecule has 0 bridgehead atoms. The molecule has 0 aliphatic rings. The first-order valence-electron chi connectivity index (χ1n) is 6.75. The fraction of sp³-hybridized carbons (Fsp3) is 0.846. The largest absolute Gasteiger partial charge is 0.317 e. The van der Waals surface area contributed by atoms with E-state index in [1.165, 1.54) is 25.7 Å². The summed E-state index contributed by atoms with van der Waals surface area (Å²) in [6.45, 7) is 4.20. The van der Waals surface area contributed by atoms with E-state index in [1.807, 2.05) is 35.1 Å². The van der Waals surface area contributed by atoms with Crippen LogP contribution in [0, 0.1) is 0 Å². The molecule has 0 amide bonds. The number of unbranched alkanes of at least 4 members (excludes halogenated alkanes) is 4. The van der Waals surface area contributed by atoms with E-state index in [-0.39, 0.29) is 0 Å². The van der Waals surface area contributed by atoms with Gasteiger partial charge in [-0.3, -0.25) is 4.57 Å². The van der Waals surface area contributed by atoms with Crippen molar-refractivity contribution in [2.24, 2.45) is 0 Å². The highest BCUT2D eigenvalue weighted by molar-refractivity contribution is 7.57. The van der Waals surface area contributed by atoms with Gasteiger partial charge in [0.2, 0.25) is 0 Å². The van der Waals surface area contributed by atoms with Gasteiger partial charge in [-0.15, -0.1) is 0 Å². The third-order valence-electron chi connectivity index (χ3n) is 2.91. The Labute approximate surface area is 113 Å². The van der Waals surface area contributed by atoms with Crippen molar-refractivity contribution in [2.75, 3.05) is 28.2 Å². The van der Waals surface area contributed by atoms with Crippen LogP contribution in [0.15, 0.2) is 11.8 Å². The van der Waals surface area contributed by atoms with Gasteiger partial charge >= 0.3 is 7.59 Å². The minimum Gasteiger partial charge on any atom is -0.317 e. The average Bonchev–Trinajstić information content (AvgIpc) is 2.28. The molecule has 18 heavy (non-hydrogen) atoms. The molecule has 0 aromatic rings. The van der Waals surface area contributed by atoms with Crippen molar-refractivity contribution in [3.8, 4) is 0 Å². The van der Waals surface area contributed by atoms with Gasteiger partial charge in [0.25, 0.3) is 0 Å². The third-order valence-corrected chi connectivity index (χ3v) is 5.73. The molecule has 0 aromatic heterocycles. The summed E-state index contributed by atoms with van der Waals surface area (Å²) < 4.78 is 16.2. The lowest BCUT2D eigenvalue weighted by atomic mass is 10.1. The van der Waals surface area contributed by atoms with Crippen molar-refractivity contribution >= 4 is 7.59 Å². The molecule has 0 saturated heterocycles. The van der Waals surface area contributed by atoms with Crippen LogP contribution in [0.1, 0.15) is 46.0 Å². The smallest absolute Gasteiger partial charge is 0.307 e. The molecule has 0 atom stereocenters. The Bertz CT molecular complexity index is 289.